The fraction of sp³-hybridized carbons (Fsp3) is 0.167. The van der Waals surface area contributed by atoms with Gasteiger partial charge in [0.15, 0.2) is 0 Å². The Balaban J connectivity index is 2.53. The number of nitrogens with zero attached hydrogens (tertiary/aromatic N) is 3. The summed E-state index contributed by atoms with van der Waals surface area (Å²) in [5.74, 6) is 0.0736. The van der Waals surface area contributed by atoms with E-state index in [9.17, 15) is 10.1 Å². The summed E-state index contributed by atoms with van der Waals surface area (Å²) in [5, 5.41) is 14.1. The van der Waals surface area contributed by atoms with Crippen molar-refractivity contribution in [2.45, 2.75) is 13.8 Å². The number of nitrogens with two attached hydrogens (primary N) is 1. The Labute approximate surface area is 123 Å². The number of aromatic nitrogens is 2. The van der Waals surface area contributed by atoms with Gasteiger partial charge in [-0.2, -0.15) is 4.98 Å². The van der Waals surface area contributed by atoms with Gasteiger partial charge in [-0.25, -0.2) is 4.98 Å². The Morgan fingerprint density at radius 3 is 2.70 bits per heavy atom. The minimum atomic E-state index is -0.523. The Morgan fingerprint density at radius 2 is 2.05 bits per heavy atom. The molecule has 0 fully saturated rings. The molecule has 104 valence electrons. The maximum absolute atomic E-state index is 11.1. The molecule has 0 bridgehead atoms. The van der Waals surface area contributed by atoms with Crippen LogP contribution in [-0.4, -0.2) is 14.9 Å². The van der Waals surface area contributed by atoms with Crippen LogP contribution < -0.4 is 11.1 Å². The smallest absolute Gasteiger partial charge is 0.332 e. The maximum atomic E-state index is 11.1. The Bertz CT molecular complexity index is 690. The van der Waals surface area contributed by atoms with Gasteiger partial charge in [-0.05, 0) is 31.5 Å². The zero-order valence-corrected chi connectivity index (χ0v) is 12.4. The molecule has 1 aromatic carbocycles. The lowest BCUT2D eigenvalue weighted by Crippen LogP contribution is -2.07. The number of aryl methyl sites for hydroxylation is 2. The Hall–Kier alpha value is -2.22. The largest absolute Gasteiger partial charge is 0.368 e. The topological polar surface area (TPSA) is 107 Å². The molecule has 2 rings (SSSR count). The molecular weight excluding hydrogens is 326 g/mol. The number of benzene rings is 1. The van der Waals surface area contributed by atoms with Crippen LogP contribution in [0.15, 0.2) is 22.7 Å². The van der Waals surface area contributed by atoms with Crippen LogP contribution in [0.1, 0.15) is 11.3 Å². The Morgan fingerprint density at radius 1 is 1.35 bits per heavy atom. The van der Waals surface area contributed by atoms with Crippen molar-refractivity contribution in [3.8, 4) is 0 Å². The molecule has 0 atom stereocenters. The highest BCUT2D eigenvalue weighted by molar-refractivity contribution is 9.10. The number of anilines is 3. The molecule has 0 saturated heterocycles. The van der Waals surface area contributed by atoms with Crippen molar-refractivity contribution in [2.75, 3.05) is 11.1 Å². The van der Waals surface area contributed by atoms with Crippen molar-refractivity contribution in [3.63, 3.8) is 0 Å². The van der Waals surface area contributed by atoms with Gasteiger partial charge >= 0.3 is 5.69 Å². The van der Waals surface area contributed by atoms with Crippen LogP contribution in [-0.2, 0) is 0 Å². The van der Waals surface area contributed by atoms with Crippen LogP contribution in [0.3, 0.4) is 0 Å². The summed E-state index contributed by atoms with van der Waals surface area (Å²) in [6.07, 6.45) is 0. The van der Waals surface area contributed by atoms with Crippen LogP contribution in [0.5, 0.6) is 0 Å². The molecule has 0 spiro atoms. The molecule has 0 aliphatic carbocycles. The molecule has 0 unspecified atom stereocenters. The number of nitrogens with one attached hydrogen (secondary N) is 1. The van der Waals surface area contributed by atoms with Crippen LogP contribution in [0.2, 0.25) is 0 Å². The van der Waals surface area contributed by atoms with Crippen molar-refractivity contribution in [1.82, 2.24) is 9.97 Å². The van der Waals surface area contributed by atoms with Crippen LogP contribution >= 0.6 is 15.9 Å². The highest BCUT2D eigenvalue weighted by Gasteiger charge is 2.22. The summed E-state index contributed by atoms with van der Waals surface area (Å²) in [4.78, 5) is 18.3. The predicted molar refractivity (Wildman–Crippen MR) is 80.0 cm³/mol. The first-order chi connectivity index (χ1) is 9.38. The fourth-order valence-corrected chi connectivity index (χ4v) is 2.11. The monoisotopic (exact) mass is 337 g/mol. The number of rotatable bonds is 3. The fourth-order valence-electron chi connectivity index (χ4n) is 1.75. The van der Waals surface area contributed by atoms with Gasteiger partial charge in [0.1, 0.15) is 5.69 Å². The number of nitro groups is 1. The third-order valence-corrected chi connectivity index (χ3v) is 3.20. The van der Waals surface area contributed by atoms with E-state index in [2.05, 4.69) is 31.2 Å². The molecule has 8 heteroatoms. The molecule has 7 nitrogen and oxygen atoms in total. The van der Waals surface area contributed by atoms with E-state index in [1.165, 1.54) is 6.92 Å². The zero-order valence-electron chi connectivity index (χ0n) is 10.8. The van der Waals surface area contributed by atoms with Gasteiger partial charge in [0.05, 0.1) is 4.92 Å². The summed E-state index contributed by atoms with van der Waals surface area (Å²) in [7, 11) is 0. The first-order valence-corrected chi connectivity index (χ1v) is 6.49. The van der Waals surface area contributed by atoms with Gasteiger partial charge in [-0.3, -0.25) is 10.1 Å². The summed E-state index contributed by atoms with van der Waals surface area (Å²) < 4.78 is 0.854. The van der Waals surface area contributed by atoms with Crippen LogP contribution in [0, 0.1) is 24.0 Å². The first-order valence-electron chi connectivity index (χ1n) is 5.70. The maximum Gasteiger partial charge on any atom is 0.332 e. The average molecular weight is 338 g/mol. The van der Waals surface area contributed by atoms with Gasteiger partial charge in [0, 0.05) is 10.2 Å². The van der Waals surface area contributed by atoms with E-state index in [1.807, 2.05) is 25.1 Å². The molecule has 2 aromatic rings. The van der Waals surface area contributed by atoms with E-state index in [-0.39, 0.29) is 23.1 Å². The normalized spacial score (nSPS) is 10.3. The molecule has 1 heterocycles. The van der Waals surface area contributed by atoms with E-state index in [0.717, 1.165) is 10.0 Å². The summed E-state index contributed by atoms with van der Waals surface area (Å²) in [5.41, 5.74) is 7.23. The summed E-state index contributed by atoms with van der Waals surface area (Å²) in [6.45, 7) is 3.41. The van der Waals surface area contributed by atoms with Gasteiger partial charge in [-0.15, -0.1) is 0 Å². The molecule has 3 N–H and O–H groups in total. The molecule has 0 saturated carbocycles. The van der Waals surface area contributed by atoms with Crippen molar-refractivity contribution in [3.05, 3.63) is 44.0 Å². The van der Waals surface area contributed by atoms with Crippen molar-refractivity contribution in [1.29, 1.82) is 0 Å². The second-order valence-corrected chi connectivity index (χ2v) is 5.12. The van der Waals surface area contributed by atoms with E-state index in [1.54, 1.807) is 0 Å². The van der Waals surface area contributed by atoms with Gasteiger partial charge < -0.3 is 11.1 Å². The first kappa shape index (κ1) is 14.2. The predicted octanol–water partition coefficient (Wildman–Crippen LogP) is 3.09. The van der Waals surface area contributed by atoms with E-state index >= 15 is 0 Å². The van der Waals surface area contributed by atoms with Crippen molar-refractivity contribution in [2.24, 2.45) is 0 Å². The summed E-state index contributed by atoms with van der Waals surface area (Å²) in [6, 6.07) is 5.58. The Kier molecular flexibility index (Phi) is 3.84. The summed E-state index contributed by atoms with van der Waals surface area (Å²) >= 11 is 3.35. The van der Waals surface area contributed by atoms with Crippen molar-refractivity contribution >= 4 is 39.1 Å². The van der Waals surface area contributed by atoms with Gasteiger partial charge in [-0.1, -0.05) is 22.0 Å². The third kappa shape index (κ3) is 2.85. The van der Waals surface area contributed by atoms with Gasteiger partial charge in [0.25, 0.3) is 0 Å². The molecule has 0 aliphatic rings. The molecule has 0 aliphatic heterocycles. The van der Waals surface area contributed by atoms with Crippen LogP contribution in [0.25, 0.3) is 0 Å². The lowest BCUT2D eigenvalue weighted by molar-refractivity contribution is -0.385. The zero-order chi connectivity index (χ0) is 14.9. The van der Waals surface area contributed by atoms with Crippen LogP contribution in [0.4, 0.5) is 23.1 Å². The average Bonchev–Trinajstić information content (AvgIpc) is 2.32. The number of nitrogen functional groups attached to an aromatic ring is 1. The lowest BCUT2D eigenvalue weighted by atomic mass is 10.2. The minimum absolute atomic E-state index is 0.0109. The molecule has 1 aromatic heterocycles. The highest BCUT2D eigenvalue weighted by atomic mass is 79.9. The minimum Gasteiger partial charge on any atom is -0.368 e. The van der Waals surface area contributed by atoms with Gasteiger partial charge in [0.2, 0.25) is 11.8 Å². The standard InChI is InChI=1S/C12H12BrN5O2/c1-6-3-4-8(13)5-9(6)16-11-10(18(19)20)7(2)15-12(14)17-11/h3-5H,1-2H3,(H3,14,15,16,17). The number of halogens is 1. The second-order valence-electron chi connectivity index (χ2n) is 4.21. The molecular formula is C12H12BrN5O2. The SMILES string of the molecule is Cc1ccc(Br)cc1Nc1nc(N)nc(C)c1[N+](=O)[O-]. The molecule has 0 radical (unpaired) electrons. The van der Waals surface area contributed by atoms with E-state index < -0.39 is 4.92 Å². The number of hydrogen-bond donors (Lipinski definition) is 2. The quantitative estimate of drug-likeness (QED) is 0.658. The third-order valence-electron chi connectivity index (χ3n) is 2.71. The lowest BCUT2D eigenvalue weighted by Gasteiger charge is -2.10. The van der Waals surface area contributed by atoms with E-state index in [0.29, 0.717) is 5.69 Å². The number of hydrogen-bond acceptors (Lipinski definition) is 6. The highest BCUT2D eigenvalue weighted by Crippen LogP contribution is 2.30. The molecule has 20 heavy (non-hydrogen) atoms. The van der Waals surface area contributed by atoms with E-state index in [4.69, 9.17) is 5.73 Å². The van der Waals surface area contributed by atoms with Crippen molar-refractivity contribution < 1.29 is 4.92 Å². The molecule has 0 amide bonds. The second kappa shape index (κ2) is 5.41.